The Morgan fingerprint density at radius 1 is 1.00 bits per heavy atom. The molecule has 3 heterocycles. The van der Waals surface area contributed by atoms with E-state index in [0.717, 1.165) is 55.8 Å². The largest absolute Gasteiger partial charge is 0.423 e. The van der Waals surface area contributed by atoms with Gasteiger partial charge in [-0.05, 0) is 69.6 Å². The molecule has 0 amide bonds. The van der Waals surface area contributed by atoms with E-state index in [1.165, 1.54) is 18.4 Å². The van der Waals surface area contributed by atoms with Crippen LogP contribution in [-0.4, -0.2) is 67.1 Å². The van der Waals surface area contributed by atoms with Gasteiger partial charge in [-0.1, -0.05) is 0 Å². The van der Waals surface area contributed by atoms with E-state index in [-0.39, 0.29) is 5.63 Å². The Balaban J connectivity index is 1.54. The van der Waals surface area contributed by atoms with Gasteiger partial charge in [0, 0.05) is 56.3 Å². The van der Waals surface area contributed by atoms with E-state index in [1.807, 2.05) is 6.07 Å². The monoisotopic (exact) mass is 369 g/mol. The van der Waals surface area contributed by atoms with Crippen LogP contribution in [0.1, 0.15) is 29.5 Å². The molecule has 27 heavy (non-hydrogen) atoms. The van der Waals surface area contributed by atoms with Crippen LogP contribution in [0.2, 0.25) is 0 Å². The Labute approximate surface area is 161 Å². The lowest BCUT2D eigenvalue weighted by Gasteiger charge is -2.52. The maximum Gasteiger partial charge on any atom is 0.336 e. The smallest absolute Gasteiger partial charge is 0.336 e. The Hall–Kier alpha value is -1.69. The van der Waals surface area contributed by atoms with Gasteiger partial charge in [-0.2, -0.15) is 0 Å². The highest BCUT2D eigenvalue weighted by atomic mass is 16.4. The number of likely N-dealkylation sites (tertiary alicyclic amines) is 1. The molecule has 0 saturated carbocycles. The molecule has 5 nitrogen and oxygen atoms in total. The SMILES string of the molecule is Cc1cc2oc(=O)cc(CN3CCC4(CC3)CN(C)CCN4C)c2cc1C. The maximum absolute atomic E-state index is 12.1. The van der Waals surface area contributed by atoms with Gasteiger partial charge in [-0.3, -0.25) is 9.80 Å². The number of fused-ring (bicyclic) bond motifs is 1. The van der Waals surface area contributed by atoms with Crippen LogP contribution in [0.15, 0.2) is 27.4 Å². The van der Waals surface area contributed by atoms with Crippen molar-refractivity contribution in [2.45, 2.75) is 38.8 Å². The van der Waals surface area contributed by atoms with Crippen molar-refractivity contribution < 1.29 is 4.42 Å². The fourth-order valence-electron chi connectivity index (χ4n) is 4.78. The first-order valence-corrected chi connectivity index (χ1v) is 10.0. The second-order valence-electron chi connectivity index (χ2n) is 8.68. The average Bonchev–Trinajstić information content (AvgIpc) is 2.62. The zero-order valence-electron chi connectivity index (χ0n) is 17.0. The molecular weight excluding hydrogens is 338 g/mol. The van der Waals surface area contributed by atoms with E-state index < -0.39 is 0 Å². The van der Waals surface area contributed by atoms with Crippen molar-refractivity contribution in [2.24, 2.45) is 0 Å². The number of hydrogen-bond acceptors (Lipinski definition) is 5. The third kappa shape index (κ3) is 3.56. The van der Waals surface area contributed by atoms with Crippen LogP contribution in [-0.2, 0) is 6.54 Å². The summed E-state index contributed by atoms with van der Waals surface area (Å²) < 4.78 is 5.46. The summed E-state index contributed by atoms with van der Waals surface area (Å²) in [6.07, 6.45) is 2.37. The molecule has 1 aromatic heterocycles. The highest BCUT2D eigenvalue weighted by molar-refractivity contribution is 5.81. The summed E-state index contributed by atoms with van der Waals surface area (Å²) in [4.78, 5) is 19.6. The quantitative estimate of drug-likeness (QED) is 0.761. The average molecular weight is 370 g/mol. The molecule has 0 N–H and O–H groups in total. The maximum atomic E-state index is 12.1. The van der Waals surface area contributed by atoms with Crippen LogP contribution in [0.5, 0.6) is 0 Å². The van der Waals surface area contributed by atoms with Crippen LogP contribution in [0.25, 0.3) is 11.0 Å². The molecule has 146 valence electrons. The van der Waals surface area contributed by atoms with Crippen molar-refractivity contribution >= 4 is 11.0 Å². The van der Waals surface area contributed by atoms with Crippen molar-refractivity contribution in [3.8, 4) is 0 Å². The van der Waals surface area contributed by atoms with E-state index >= 15 is 0 Å². The van der Waals surface area contributed by atoms with Crippen molar-refractivity contribution in [1.82, 2.24) is 14.7 Å². The number of aryl methyl sites for hydroxylation is 2. The van der Waals surface area contributed by atoms with Gasteiger partial charge in [-0.25, -0.2) is 4.79 Å². The molecule has 2 fully saturated rings. The van der Waals surface area contributed by atoms with Crippen molar-refractivity contribution in [2.75, 3.05) is 46.8 Å². The topological polar surface area (TPSA) is 39.9 Å². The minimum atomic E-state index is -0.247. The lowest BCUT2D eigenvalue weighted by molar-refractivity contribution is -0.0204. The van der Waals surface area contributed by atoms with E-state index in [9.17, 15) is 4.79 Å². The second kappa shape index (κ2) is 7.04. The van der Waals surface area contributed by atoms with Gasteiger partial charge >= 0.3 is 5.63 Å². The number of rotatable bonds is 2. The Morgan fingerprint density at radius 2 is 1.70 bits per heavy atom. The van der Waals surface area contributed by atoms with E-state index in [4.69, 9.17) is 4.42 Å². The summed E-state index contributed by atoms with van der Waals surface area (Å²) in [6, 6.07) is 5.84. The molecular formula is C22H31N3O2. The van der Waals surface area contributed by atoms with Crippen LogP contribution < -0.4 is 5.63 Å². The van der Waals surface area contributed by atoms with Gasteiger partial charge in [0.2, 0.25) is 0 Å². The van der Waals surface area contributed by atoms with E-state index in [1.54, 1.807) is 6.07 Å². The highest BCUT2D eigenvalue weighted by Crippen LogP contribution is 2.32. The minimum Gasteiger partial charge on any atom is -0.423 e. The number of likely N-dealkylation sites (N-methyl/N-ethyl adjacent to an activating group) is 2. The first kappa shape index (κ1) is 18.7. The van der Waals surface area contributed by atoms with Crippen molar-refractivity contribution in [1.29, 1.82) is 0 Å². The van der Waals surface area contributed by atoms with Gasteiger partial charge in [0.05, 0.1) is 0 Å². The lowest BCUT2D eigenvalue weighted by atomic mass is 9.83. The van der Waals surface area contributed by atoms with Crippen LogP contribution in [0.3, 0.4) is 0 Å². The summed E-state index contributed by atoms with van der Waals surface area (Å²) >= 11 is 0. The number of piperidine rings is 1. The standard InChI is InChI=1S/C22H31N3O2/c1-16-11-19-18(13-21(26)27-20(19)12-17(16)2)14-25-7-5-22(6-8-25)15-23(3)9-10-24(22)4/h11-13H,5-10,14-15H2,1-4H3. The molecule has 0 aliphatic carbocycles. The molecule has 0 atom stereocenters. The zero-order valence-corrected chi connectivity index (χ0v) is 17.0. The highest BCUT2D eigenvalue weighted by Gasteiger charge is 2.41. The van der Waals surface area contributed by atoms with E-state index in [0.29, 0.717) is 11.1 Å². The fourth-order valence-corrected chi connectivity index (χ4v) is 4.78. The first-order chi connectivity index (χ1) is 12.9. The van der Waals surface area contributed by atoms with Gasteiger partial charge in [0.1, 0.15) is 5.58 Å². The van der Waals surface area contributed by atoms with Gasteiger partial charge in [-0.15, -0.1) is 0 Å². The summed E-state index contributed by atoms with van der Waals surface area (Å²) in [5.41, 5.74) is 4.27. The predicted molar refractivity (Wildman–Crippen MR) is 109 cm³/mol. The number of nitrogens with zero attached hydrogens (tertiary/aromatic N) is 3. The van der Waals surface area contributed by atoms with E-state index in [2.05, 4.69) is 48.7 Å². The normalized spacial score (nSPS) is 21.9. The molecule has 5 heteroatoms. The molecule has 2 aliphatic heterocycles. The molecule has 2 saturated heterocycles. The van der Waals surface area contributed by atoms with Gasteiger partial charge in [0.25, 0.3) is 0 Å². The molecule has 1 spiro atoms. The fraction of sp³-hybridized carbons (Fsp3) is 0.591. The van der Waals surface area contributed by atoms with Crippen LogP contribution >= 0.6 is 0 Å². The summed E-state index contributed by atoms with van der Waals surface area (Å²) in [6.45, 7) is 10.6. The van der Waals surface area contributed by atoms with Gasteiger partial charge in [0.15, 0.2) is 0 Å². The number of benzene rings is 1. The zero-order chi connectivity index (χ0) is 19.2. The second-order valence-corrected chi connectivity index (χ2v) is 8.68. The van der Waals surface area contributed by atoms with Crippen molar-refractivity contribution in [3.05, 3.63) is 45.3 Å². The first-order valence-electron chi connectivity index (χ1n) is 10.0. The summed E-state index contributed by atoms with van der Waals surface area (Å²) in [7, 11) is 4.52. The molecule has 4 rings (SSSR count). The van der Waals surface area contributed by atoms with Crippen LogP contribution in [0, 0.1) is 13.8 Å². The molecule has 2 aromatic rings. The summed E-state index contributed by atoms with van der Waals surface area (Å²) in [5.74, 6) is 0. The molecule has 0 radical (unpaired) electrons. The third-order valence-corrected chi connectivity index (χ3v) is 6.82. The Bertz CT molecular complexity index is 896. The predicted octanol–water partition coefficient (Wildman–Crippen LogP) is 2.62. The van der Waals surface area contributed by atoms with Gasteiger partial charge < -0.3 is 9.32 Å². The Morgan fingerprint density at radius 3 is 2.44 bits per heavy atom. The number of hydrogen-bond donors (Lipinski definition) is 0. The third-order valence-electron chi connectivity index (χ3n) is 6.82. The summed E-state index contributed by atoms with van der Waals surface area (Å²) in [5, 5.41) is 1.08. The molecule has 0 unspecified atom stereocenters. The molecule has 0 bridgehead atoms. The molecule has 1 aromatic carbocycles. The lowest BCUT2D eigenvalue weighted by Crippen LogP contribution is -2.63. The minimum absolute atomic E-state index is 0.247. The molecule has 2 aliphatic rings. The van der Waals surface area contributed by atoms with Crippen LogP contribution in [0.4, 0.5) is 0 Å². The van der Waals surface area contributed by atoms with Crippen molar-refractivity contribution in [3.63, 3.8) is 0 Å². The Kier molecular flexibility index (Phi) is 4.87. The number of piperazine rings is 1.